The number of ether oxygens (including phenoxy) is 2. The molecule has 4 nitrogen and oxygen atoms in total. The van der Waals surface area contributed by atoms with Gasteiger partial charge in [0.1, 0.15) is 0 Å². The van der Waals surface area contributed by atoms with Crippen LogP contribution in [0.4, 0.5) is 5.69 Å². The molecule has 0 bridgehead atoms. The minimum atomic E-state index is 0.192. The van der Waals surface area contributed by atoms with E-state index in [0.717, 1.165) is 12.2 Å². The molecule has 1 atom stereocenters. The molecule has 18 heavy (non-hydrogen) atoms. The summed E-state index contributed by atoms with van der Waals surface area (Å²) in [6.45, 7) is 5.15. The molecule has 0 aromatic heterocycles. The Morgan fingerprint density at radius 3 is 2.33 bits per heavy atom. The first-order chi connectivity index (χ1) is 8.62. The Morgan fingerprint density at radius 1 is 1.17 bits per heavy atom. The van der Waals surface area contributed by atoms with Crippen molar-refractivity contribution in [2.45, 2.75) is 13.8 Å². The molecule has 2 N–H and O–H groups in total. The molecule has 0 fully saturated rings. The second-order valence-electron chi connectivity index (χ2n) is 4.64. The fraction of sp³-hybridized carbons (Fsp3) is 0.571. The molecular formula is C14H23NO3. The van der Waals surface area contributed by atoms with Crippen LogP contribution in [0.3, 0.4) is 0 Å². The maximum atomic E-state index is 9.27. The van der Waals surface area contributed by atoms with Crippen LogP contribution < -0.4 is 14.8 Å². The molecule has 0 amide bonds. The zero-order valence-electron chi connectivity index (χ0n) is 11.6. The zero-order valence-corrected chi connectivity index (χ0v) is 11.6. The number of methoxy groups -OCH3 is 2. The van der Waals surface area contributed by atoms with E-state index in [1.165, 1.54) is 0 Å². The van der Waals surface area contributed by atoms with Crippen LogP contribution in [-0.2, 0) is 0 Å². The Bertz CT molecular complexity index is 366. The Balaban J connectivity index is 2.67. The van der Waals surface area contributed by atoms with Crippen molar-refractivity contribution < 1.29 is 14.6 Å². The highest BCUT2D eigenvalue weighted by molar-refractivity contribution is 5.54. The van der Waals surface area contributed by atoms with Crippen molar-refractivity contribution in [1.82, 2.24) is 0 Å². The predicted molar refractivity (Wildman–Crippen MR) is 73.4 cm³/mol. The summed E-state index contributed by atoms with van der Waals surface area (Å²) >= 11 is 0. The summed E-state index contributed by atoms with van der Waals surface area (Å²) in [4.78, 5) is 0. The molecule has 0 spiro atoms. The van der Waals surface area contributed by atoms with Crippen molar-refractivity contribution in [3.63, 3.8) is 0 Å². The average molecular weight is 253 g/mol. The van der Waals surface area contributed by atoms with Crippen LogP contribution in [0, 0.1) is 11.8 Å². The molecule has 0 aliphatic carbocycles. The largest absolute Gasteiger partial charge is 0.493 e. The van der Waals surface area contributed by atoms with E-state index < -0.39 is 0 Å². The molecule has 0 radical (unpaired) electrons. The van der Waals surface area contributed by atoms with E-state index >= 15 is 0 Å². The average Bonchev–Trinajstić information content (AvgIpc) is 2.38. The first-order valence-electron chi connectivity index (χ1n) is 6.19. The third-order valence-corrected chi connectivity index (χ3v) is 3.13. The Hall–Kier alpha value is -1.42. The molecule has 0 heterocycles. The molecule has 1 rings (SSSR count). The second kappa shape index (κ2) is 7.11. The van der Waals surface area contributed by atoms with Crippen LogP contribution in [0.25, 0.3) is 0 Å². The fourth-order valence-electron chi connectivity index (χ4n) is 1.71. The van der Waals surface area contributed by atoms with E-state index in [-0.39, 0.29) is 12.5 Å². The third-order valence-electron chi connectivity index (χ3n) is 3.13. The van der Waals surface area contributed by atoms with Gasteiger partial charge in [-0.3, -0.25) is 0 Å². The number of benzene rings is 1. The van der Waals surface area contributed by atoms with Gasteiger partial charge in [0, 0.05) is 30.8 Å². The second-order valence-corrected chi connectivity index (χ2v) is 4.64. The van der Waals surface area contributed by atoms with Crippen molar-refractivity contribution in [3.8, 4) is 11.5 Å². The lowest BCUT2D eigenvalue weighted by molar-refractivity contribution is 0.198. The van der Waals surface area contributed by atoms with Gasteiger partial charge >= 0.3 is 0 Å². The van der Waals surface area contributed by atoms with Crippen LogP contribution in [-0.4, -0.2) is 32.5 Å². The Morgan fingerprint density at radius 2 is 1.83 bits per heavy atom. The maximum absolute atomic E-state index is 9.27. The summed E-state index contributed by atoms with van der Waals surface area (Å²) in [6, 6.07) is 5.70. The lowest BCUT2D eigenvalue weighted by Crippen LogP contribution is -2.22. The Labute approximate surface area is 109 Å². The van der Waals surface area contributed by atoms with Crippen molar-refractivity contribution in [2.24, 2.45) is 11.8 Å². The molecule has 102 valence electrons. The summed E-state index contributed by atoms with van der Waals surface area (Å²) in [6.07, 6.45) is 0. The predicted octanol–water partition coefficient (Wildman–Crippen LogP) is 2.38. The number of anilines is 1. The molecule has 4 heteroatoms. The number of hydrogen-bond donors (Lipinski definition) is 2. The quantitative estimate of drug-likeness (QED) is 0.783. The topological polar surface area (TPSA) is 50.7 Å². The minimum absolute atomic E-state index is 0.192. The highest BCUT2D eigenvalue weighted by Crippen LogP contribution is 2.29. The number of nitrogens with one attached hydrogen (secondary N) is 1. The third kappa shape index (κ3) is 3.81. The molecule has 1 unspecified atom stereocenters. The van der Waals surface area contributed by atoms with Crippen molar-refractivity contribution >= 4 is 5.69 Å². The van der Waals surface area contributed by atoms with E-state index in [1.54, 1.807) is 14.2 Å². The molecular weight excluding hydrogens is 230 g/mol. The first-order valence-corrected chi connectivity index (χ1v) is 6.19. The monoisotopic (exact) mass is 253 g/mol. The lowest BCUT2D eigenvalue weighted by atomic mass is 9.97. The summed E-state index contributed by atoms with van der Waals surface area (Å²) in [5.41, 5.74) is 0.965. The van der Waals surface area contributed by atoms with Crippen LogP contribution in [0.15, 0.2) is 18.2 Å². The maximum Gasteiger partial charge on any atom is 0.162 e. The minimum Gasteiger partial charge on any atom is -0.493 e. The van der Waals surface area contributed by atoms with E-state index in [1.807, 2.05) is 18.2 Å². The lowest BCUT2D eigenvalue weighted by Gasteiger charge is -2.19. The molecule has 0 aliphatic rings. The van der Waals surface area contributed by atoms with Gasteiger partial charge in [0.2, 0.25) is 0 Å². The van der Waals surface area contributed by atoms with Crippen LogP contribution in [0.2, 0.25) is 0 Å². The molecule has 1 aromatic carbocycles. The Kier molecular flexibility index (Phi) is 5.78. The normalized spacial score (nSPS) is 12.3. The molecule has 0 saturated carbocycles. The summed E-state index contributed by atoms with van der Waals surface area (Å²) in [5.74, 6) is 2.11. The smallest absolute Gasteiger partial charge is 0.162 e. The standard InChI is InChI=1S/C14H23NO3/c1-10(2)11(9-16)8-15-12-5-6-13(17-3)14(7-12)18-4/h5-7,10-11,15-16H,8-9H2,1-4H3. The van der Waals surface area contributed by atoms with Gasteiger partial charge in [0.25, 0.3) is 0 Å². The number of hydrogen-bond acceptors (Lipinski definition) is 4. The van der Waals surface area contributed by atoms with E-state index in [0.29, 0.717) is 17.4 Å². The SMILES string of the molecule is COc1ccc(NCC(CO)C(C)C)cc1OC. The van der Waals surface area contributed by atoms with E-state index in [2.05, 4.69) is 19.2 Å². The highest BCUT2D eigenvalue weighted by atomic mass is 16.5. The molecule has 1 aromatic rings. The number of rotatable bonds is 7. The van der Waals surface area contributed by atoms with Gasteiger partial charge in [-0.25, -0.2) is 0 Å². The summed E-state index contributed by atoms with van der Waals surface area (Å²) < 4.78 is 10.4. The first kappa shape index (κ1) is 14.6. The van der Waals surface area contributed by atoms with Gasteiger partial charge in [0.15, 0.2) is 11.5 Å². The molecule has 0 saturated heterocycles. The number of aliphatic hydroxyl groups is 1. The fourth-order valence-corrected chi connectivity index (χ4v) is 1.71. The van der Waals surface area contributed by atoms with Gasteiger partial charge < -0.3 is 19.9 Å². The van der Waals surface area contributed by atoms with Gasteiger partial charge in [-0.05, 0) is 18.1 Å². The van der Waals surface area contributed by atoms with Crippen molar-refractivity contribution in [2.75, 3.05) is 32.7 Å². The van der Waals surface area contributed by atoms with Gasteiger partial charge in [0.05, 0.1) is 14.2 Å². The summed E-state index contributed by atoms with van der Waals surface area (Å²) in [5, 5.41) is 12.6. The highest BCUT2D eigenvalue weighted by Gasteiger charge is 2.12. The van der Waals surface area contributed by atoms with E-state index in [9.17, 15) is 5.11 Å². The molecule has 0 aliphatic heterocycles. The van der Waals surface area contributed by atoms with Gasteiger partial charge in [-0.15, -0.1) is 0 Å². The zero-order chi connectivity index (χ0) is 13.5. The van der Waals surface area contributed by atoms with Crippen LogP contribution >= 0.6 is 0 Å². The van der Waals surface area contributed by atoms with Gasteiger partial charge in [-0.1, -0.05) is 13.8 Å². The van der Waals surface area contributed by atoms with Crippen LogP contribution in [0.1, 0.15) is 13.8 Å². The number of aliphatic hydroxyl groups excluding tert-OH is 1. The van der Waals surface area contributed by atoms with Crippen molar-refractivity contribution in [1.29, 1.82) is 0 Å². The van der Waals surface area contributed by atoms with Gasteiger partial charge in [-0.2, -0.15) is 0 Å². The summed E-state index contributed by atoms with van der Waals surface area (Å²) in [7, 11) is 3.23. The van der Waals surface area contributed by atoms with Crippen molar-refractivity contribution in [3.05, 3.63) is 18.2 Å². The van der Waals surface area contributed by atoms with Crippen LogP contribution in [0.5, 0.6) is 11.5 Å². The van der Waals surface area contributed by atoms with E-state index in [4.69, 9.17) is 9.47 Å².